The smallest absolute Gasteiger partial charge is 0.227 e. The van der Waals surface area contributed by atoms with E-state index < -0.39 is 0 Å². The maximum absolute atomic E-state index is 11.6. The predicted molar refractivity (Wildman–Crippen MR) is 59.3 cm³/mol. The molecule has 0 N–H and O–H groups in total. The molecule has 2 rings (SSSR count). The van der Waals surface area contributed by atoms with Crippen LogP contribution in [-0.4, -0.2) is 19.6 Å². The fourth-order valence-electron chi connectivity index (χ4n) is 1.96. The molecule has 1 heterocycles. The first-order valence-corrected chi connectivity index (χ1v) is 5.17. The Kier molecular flexibility index (Phi) is 2.62. The molecule has 1 aliphatic rings. The Bertz CT molecular complexity index is 387. The van der Waals surface area contributed by atoms with Gasteiger partial charge in [-0.3, -0.25) is 4.79 Å². The van der Waals surface area contributed by atoms with E-state index in [1.54, 1.807) is 7.11 Å². The molecule has 0 radical (unpaired) electrons. The number of nitrogens with zero attached hydrogens (tertiary/aromatic N) is 1. The van der Waals surface area contributed by atoms with Crippen molar-refractivity contribution in [2.45, 2.75) is 19.8 Å². The lowest BCUT2D eigenvalue weighted by Gasteiger charge is -2.18. The molecule has 80 valence electrons. The van der Waals surface area contributed by atoms with Crippen LogP contribution in [0.25, 0.3) is 0 Å². The molecule has 1 aliphatic heterocycles. The number of amides is 1. The van der Waals surface area contributed by atoms with Crippen molar-refractivity contribution in [3.63, 3.8) is 0 Å². The Hall–Kier alpha value is -1.51. The summed E-state index contributed by atoms with van der Waals surface area (Å²) in [6, 6.07) is 5.81. The number of hydrogen-bond acceptors (Lipinski definition) is 2. The SMILES string of the molecule is COc1ccc(N2CCCC2=O)c(C)c1. The van der Waals surface area contributed by atoms with Gasteiger partial charge in [0.2, 0.25) is 5.91 Å². The Morgan fingerprint density at radius 1 is 1.40 bits per heavy atom. The zero-order valence-electron chi connectivity index (χ0n) is 9.12. The van der Waals surface area contributed by atoms with Gasteiger partial charge in [-0.1, -0.05) is 0 Å². The lowest BCUT2D eigenvalue weighted by molar-refractivity contribution is -0.117. The molecule has 0 saturated carbocycles. The van der Waals surface area contributed by atoms with Crippen molar-refractivity contribution in [1.29, 1.82) is 0 Å². The van der Waals surface area contributed by atoms with E-state index in [-0.39, 0.29) is 5.91 Å². The number of carbonyl (C=O) groups is 1. The molecule has 0 unspecified atom stereocenters. The molecule has 0 atom stereocenters. The number of rotatable bonds is 2. The average molecular weight is 205 g/mol. The van der Waals surface area contributed by atoms with E-state index in [1.165, 1.54) is 0 Å². The van der Waals surface area contributed by atoms with Gasteiger partial charge in [-0.15, -0.1) is 0 Å². The van der Waals surface area contributed by atoms with E-state index >= 15 is 0 Å². The van der Waals surface area contributed by atoms with Crippen molar-refractivity contribution in [1.82, 2.24) is 0 Å². The zero-order valence-corrected chi connectivity index (χ0v) is 9.12. The van der Waals surface area contributed by atoms with E-state index in [0.29, 0.717) is 6.42 Å². The van der Waals surface area contributed by atoms with Gasteiger partial charge < -0.3 is 9.64 Å². The molecule has 3 heteroatoms. The second kappa shape index (κ2) is 3.93. The molecule has 1 amide bonds. The van der Waals surface area contributed by atoms with Crippen LogP contribution in [0.15, 0.2) is 18.2 Å². The molecule has 3 nitrogen and oxygen atoms in total. The van der Waals surface area contributed by atoms with Crippen molar-refractivity contribution in [2.24, 2.45) is 0 Å². The summed E-state index contributed by atoms with van der Waals surface area (Å²) in [6.07, 6.45) is 1.63. The van der Waals surface area contributed by atoms with Crippen LogP contribution >= 0.6 is 0 Å². The van der Waals surface area contributed by atoms with Crippen LogP contribution in [-0.2, 0) is 4.79 Å². The average Bonchev–Trinajstić information content (AvgIpc) is 2.64. The van der Waals surface area contributed by atoms with E-state index in [1.807, 2.05) is 30.0 Å². The van der Waals surface area contributed by atoms with Crippen LogP contribution in [0.1, 0.15) is 18.4 Å². The van der Waals surface area contributed by atoms with Gasteiger partial charge in [0.1, 0.15) is 5.75 Å². The Morgan fingerprint density at radius 2 is 2.20 bits per heavy atom. The number of carbonyl (C=O) groups excluding carboxylic acids is 1. The molecule has 0 aromatic heterocycles. The highest BCUT2D eigenvalue weighted by Crippen LogP contribution is 2.27. The highest BCUT2D eigenvalue weighted by atomic mass is 16.5. The summed E-state index contributed by atoms with van der Waals surface area (Å²) in [6.45, 7) is 2.84. The molecule has 0 bridgehead atoms. The summed E-state index contributed by atoms with van der Waals surface area (Å²) >= 11 is 0. The number of aryl methyl sites for hydroxylation is 1. The van der Waals surface area contributed by atoms with Gasteiger partial charge >= 0.3 is 0 Å². The third-order valence-corrected chi connectivity index (χ3v) is 2.77. The van der Waals surface area contributed by atoms with Crippen LogP contribution in [0, 0.1) is 6.92 Å². The minimum Gasteiger partial charge on any atom is -0.497 e. The largest absolute Gasteiger partial charge is 0.497 e. The standard InChI is InChI=1S/C12H15NO2/c1-9-8-10(15-2)5-6-11(9)13-7-3-4-12(13)14/h5-6,8H,3-4,7H2,1-2H3. The zero-order chi connectivity index (χ0) is 10.8. The van der Waals surface area contributed by atoms with Crippen molar-refractivity contribution in [2.75, 3.05) is 18.6 Å². The summed E-state index contributed by atoms with van der Waals surface area (Å²) in [5.41, 5.74) is 2.10. The first kappa shape index (κ1) is 10.0. The third kappa shape index (κ3) is 1.82. The number of anilines is 1. The van der Waals surface area contributed by atoms with Crippen molar-refractivity contribution >= 4 is 11.6 Å². The lowest BCUT2D eigenvalue weighted by atomic mass is 10.1. The van der Waals surface area contributed by atoms with Gasteiger partial charge in [-0.2, -0.15) is 0 Å². The van der Waals surface area contributed by atoms with Crippen molar-refractivity contribution < 1.29 is 9.53 Å². The molecule has 1 fully saturated rings. The van der Waals surface area contributed by atoms with Crippen LogP contribution < -0.4 is 9.64 Å². The molecule has 15 heavy (non-hydrogen) atoms. The maximum Gasteiger partial charge on any atom is 0.227 e. The van der Waals surface area contributed by atoms with Gasteiger partial charge in [-0.25, -0.2) is 0 Å². The highest BCUT2D eigenvalue weighted by Gasteiger charge is 2.22. The number of methoxy groups -OCH3 is 1. The second-order valence-electron chi connectivity index (χ2n) is 3.80. The number of benzene rings is 1. The van der Waals surface area contributed by atoms with E-state index in [4.69, 9.17) is 4.74 Å². The van der Waals surface area contributed by atoms with Gasteiger partial charge in [-0.05, 0) is 37.1 Å². The molecule has 1 aromatic carbocycles. The van der Waals surface area contributed by atoms with E-state index in [0.717, 1.165) is 30.0 Å². The molecule has 0 spiro atoms. The summed E-state index contributed by atoms with van der Waals surface area (Å²) < 4.78 is 5.14. The fraction of sp³-hybridized carbons (Fsp3) is 0.417. The first-order chi connectivity index (χ1) is 7.22. The number of hydrogen-bond donors (Lipinski definition) is 0. The van der Waals surface area contributed by atoms with Gasteiger partial charge in [0, 0.05) is 18.7 Å². The minimum absolute atomic E-state index is 0.225. The Balaban J connectivity index is 2.32. The number of ether oxygens (including phenoxy) is 1. The quantitative estimate of drug-likeness (QED) is 0.740. The molecule has 1 saturated heterocycles. The predicted octanol–water partition coefficient (Wildman–Crippen LogP) is 2.13. The molecule has 1 aromatic rings. The summed E-state index contributed by atoms with van der Waals surface area (Å²) in [7, 11) is 1.65. The first-order valence-electron chi connectivity index (χ1n) is 5.17. The topological polar surface area (TPSA) is 29.5 Å². The van der Waals surface area contributed by atoms with Crippen LogP contribution in [0.5, 0.6) is 5.75 Å². The monoisotopic (exact) mass is 205 g/mol. The van der Waals surface area contributed by atoms with E-state index in [9.17, 15) is 4.79 Å². The van der Waals surface area contributed by atoms with Crippen LogP contribution in [0.4, 0.5) is 5.69 Å². The normalized spacial score (nSPS) is 15.9. The van der Waals surface area contributed by atoms with Crippen molar-refractivity contribution in [3.8, 4) is 5.75 Å². The summed E-state index contributed by atoms with van der Waals surface area (Å²) in [5, 5.41) is 0. The molecular formula is C12H15NO2. The molecule has 0 aliphatic carbocycles. The summed E-state index contributed by atoms with van der Waals surface area (Å²) in [4.78, 5) is 13.4. The lowest BCUT2D eigenvalue weighted by Crippen LogP contribution is -2.24. The van der Waals surface area contributed by atoms with E-state index in [2.05, 4.69) is 0 Å². The Morgan fingerprint density at radius 3 is 2.73 bits per heavy atom. The van der Waals surface area contributed by atoms with Crippen molar-refractivity contribution in [3.05, 3.63) is 23.8 Å². The Labute approximate surface area is 89.7 Å². The second-order valence-corrected chi connectivity index (χ2v) is 3.80. The summed E-state index contributed by atoms with van der Waals surface area (Å²) in [5.74, 6) is 1.06. The maximum atomic E-state index is 11.6. The van der Waals surface area contributed by atoms with Crippen LogP contribution in [0.2, 0.25) is 0 Å². The minimum atomic E-state index is 0.225. The highest BCUT2D eigenvalue weighted by molar-refractivity contribution is 5.96. The third-order valence-electron chi connectivity index (χ3n) is 2.77. The fourth-order valence-corrected chi connectivity index (χ4v) is 1.96. The van der Waals surface area contributed by atoms with Gasteiger partial charge in [0.05, 0.1) is 7.11 Å². The van der Waals surface area contributed by atoms with Gasteiger partial charge in [0.15, 0.2) is 0 Å². The van der Waals surface area contributed by atoms with Gasteiger partial charge in [0.25, 0.3) is 0 Å². The molecular weight excluding hydrogens is 190 g/mol. The van der Waals surface area contributed by atoms with Crippen LogP contribution in [0.3, 0.4) is 0 Å².